The third-order valence-electron chi connectivity index (χ3n) is 3.14. The molecule has 17 heavy (non-hydrogen) atoms. The maximum absolute atomic E-state index is 10.4. The second-order valence-corrected chi connectivity index (χ2v) is 4.30. The van der Waals surface area contributed by atoms with E-state index in [-0.39, 0.29) is 6.04 Å². The van der Waals surface area contributed by atoms with Crippen molar-refractivity contribution in [2.45, 2.75) is 25.5 Å². The molecule has 2 unspecified atom stereocenters. The van der Waals surface area contributed by atoms with Gasteiger partial charge in [0.1, 0.15) is 0 Å². The minimum absolute atomic E-state index is 0.132. The van der Waals surface area contributed by atoms with Crippen LogP contribution in [0.2, 0.25) is 0 Å². The van der Waals surface area contributed by atoms with Gasteiger partial charge < -0.3 is 9.84 Å². The van der Waals surface area contributed by atoms with Crippen LogP contribution in [0.15, 0.2) is 30.3 Å². The summed E-state index contributed by atoms with van der Waals surface area (Å²) in [6, 6.07) is 9.95. The predicted molar refractivity (Wildman–Crippen MR) is 70.0 cm³/mol. The lowest BCUT2D eigenvalue weighted by molar-refractivity contribution is 0.0457. The molecule has 1 N–H and O–H groups in total. The Morgan fingerprint density at radius 1 is 1.29 bits per heavy atom. The van der Waals surface area contributed by atoms with Gasteiger partial charge in [-0.15, -0.1) is 0 Å². The Morgan fingerprint density at radius 2 is 1.94 bits per heavy atom. The fourth-order valence-corrected chi connectivity index (χ4v) is 2.05. The van der Waals surface area contributed by atoms with Gasteiger partial charge in [-0.1, -0.05) is 37.3 Å². The molecule has 2 atom stereocenters. The molecule has 0 amide bonds. The fraction of sp³-hybridized carbons (Fsp3) is 0.571. The summed E-state index contributed by atoms with van der Waals surface area (Å²) in [4.78, 5) is 2.15. The minimum atomic E-state index is -0.442. The zero-order valence-corrected chi connectivity index (χ0v) is 11.0. The van der Waals surface area contributed by atoms with E-state index < -0.39 is 6.10 Å². The largest absolute Gasteiger partial charge is 0.387 e. The number of aliphatic hydroxyl groups is 1. The second-order valence-electron chi connectivity index (χ2n) is 4.30. The number of rotatable bonds is 7. The Hall–Kier alpha value is -0.900. The van der Waals surface area contributed by atoms with E-state index in [0.717, 1.165) is 18.5 Å². The monoisotopic (exact) mass is 237 g/mol. The van der Waals surface area contributed by atoms with Gasteiger partial charge in [-0.2, -0.15) is 0 Å². The molecule has 0 aliphatic heterocycles. The van der Waals surface area contributed by atoms with Crippen molar-refractivity contribution in [2.24, 2.45) is 0 Å². The number of likely N-dealkylation sites (N-methyl/N-ethyl adjacent to an activating group) is 1. The number of ether oxygens (including phenoxy) is 1. The van der Waals surface area contributed by atoms with Crippen molar-refractivity contribution in [1.29, 1.82) is 0 Å². The normalized spacial score (nSPS) is 14.9. The predicted octanol–water partition coefficient (Wildman–Crippen LogP) is 2.08. The van der Waals surface area contributed by atoms with E-state index in [1.807, 2.05) is 37.4 Å². The molecule has 0 aliphatic carbocycles. The number of nitrogens with zero attached hydrogens (tertiary/aromatic N) is 1. The average Bonchev–Trinajstić information content (AvgIpc) is 2.38. The highest BCUT2D eigenvalue weighted by Gasteiger charge is 2.22. The SMILES string of the molecule is CCC(C(O)c1ccccc1)N(C)CCOC. The molecule has 0 saturated heterocycles. The smallest absolute Gasteiger partial charge is 0.0944 e. The highest BCUT2D eigenvalue weighted by atomic mass is 16.5. The van der Waals surface area contributed by atoms with Crippen LogP contribution in [0.3, 0.4) is 0 Å². The first-order valence-electron chi connectivity index (χ1n) is 6.12. The summed E-state index contributed by atoms with van der Waals surface area (Å²) in [5.74, 6) is 0. The third kappa shape index (κ3) is 4.11. The molecule has 0 heterocycles. The maximum atomic E-state index is 10.4. The lowest BCUT2D eigenvalue weighted by Gasteiger charge is -2.31. The fourth-order valence-electron chi connectivity index (χ4n) is 2.05. The van der Waals surface area contributed by atoms with Gasteiger partial charge in [0.15, 0.2) is 0 Å². The van der Waals surface area contributed by atoms with Gasteiger partial charge in [0, 0.05) is 19.7 Å². The van der Waals surface area contributed by atoms with Crippen LogP contribution in [0, 0.1) is 0 Å². The van der Waals surface area contributed by atoms with Crippen molar-refractivity contribution in [2.75, 3.05) is 27.3 Å². The van der Waals surface area contributed by atoms with E-state index in [4.69, 9.17) is 4.74 Å². The highest BCUT2D eigenvalue weighted by Crippen LogP contribution is 2.22. The molecule has 1 aromatic carbocycles. The maximum Gasteiger partial charge on any atom is 0.0944 e. The average molecular weight is 237 g/mol. The van der Waals surface area contributed by atoms with Crippen LogP contribution in [0.1, 0.15) is 25.0 Å². The van der Waals surface area contributed by atoms with Crippen molar-refractivity contribution >= 4 is 0 Å². The Bertz CT molecular complexity index is 302. The van der Waals surface area contributed by atoms with Crippen LogP contribution < -0.4 is 0 Å². The molecule has 0 fully saturated rings. The van der Waals surface area contributed by atoms with Crippen LogP contribution >= 0.6 is 0 Å². The molecule has 0 radical (unpaired) electrons. The molecule has 0 saturated carbocycles. The van der Waals surface area contributed by atoms with Crippen LogP contribution in [-0.2, 0) is 4.74 Å². The Kier molecular flexibility index (Phi) is 6.19. The van der Waals surface area contributed by atoms with Gasteiger partial charge in [0.2, 0.25) is 0 Å². The van der Waals surface area contributed by atoms with Crippen molar-refractivity contribution in [3.63, 3.8) is 0 Å². The lowest BCUT2D eigenvalue weighted by Crippen LogP contribution is -2.38. The summed E-state index contributed by atoms with van der Waals surface area (Å²) in [5, 5.41) is 10.4. The first kappa shape index (κ1) is 14.2. The van der Waals surface area contributed by atoms with Crippen molar-refractivity contribution in [3.8, 4) is 0 Å². The standard InChI is InChI=1S/C14H23NO2/c1-4-13(15(2)10-11-17-3)14(16)12-8-6-5-7-9-12/h5-9,13-14,16H,4,10-11H2,1-3H3. The Labute approximate surface area is 104 Å². The number of aliphatic hydroxyl groups excluding tert-OH is 1. The van der Waals surface area contributed by atoms with Crippen LogP contribution in [0.5, 0.6) is 0 Å². The molecule has 1 rings (SSSR count). The van der Waals surface area contributed by atoms with E-state index >= 15 is 0 Å². The molecule has 0 aromatic heterocycles. The second kappa shape index (κ2) is 7.43. The van der Waals surface area contributed by atoms with E-state index in [2.05, 4.69) is 11.8 Å². The highest BCUT2D eigenvalue weighted by molar-refractivity contribution is 5.18. The molecule has 3 heteroatoms. The van der Waals surface area contributed by atoms with E-state index in [1.54, 1.807) is 7.11 Å². The lowest BCUT2D eigenvalue weighted by atomic mass is 9.99. The molecule has 0 bridgehead atoms. The zero-order valence-electron chi connectivity index (χ0n) is 11.0. The summed E-state index contributed by atoms with van der Waals surface area (Å²) in [5.41, 5.74) is 0.976. The first-order chi connectivity index (χ1) is 8.20. The molecular weight excluding hydrogens is 214 g/mol. The summed E-state index contributed by atoms with van der Waals surface area (Å²) < 4.78 is 5.07. The molecule has 0 aliphatic rings. The minimum Gasteiger partial charge on any atom is -0.387 e. The summed E-state index contributed by atoms with van der Waals surface area (Å²) in [7, 11) is 3.72. The molecule has 3 nitrogen and oxygen atoms in total. The van der Waals surface area contributed by atoms with Gasteiger partial charge >= 0.3 is 0 Å². The number of hydrogen-bond donors (Lipinski definition) is 1. The number of benzene rings is 1. The Balaban J connectivity index is 2.66. The van der Waals surface area contributed by atoms with Crippen LogP contribution in [0.4, 0.5) is 0 Å². The Morgan fingerprint density at radius 3 is 2.47 bits per heavy atom. The van der Waals surface area contributed by atoms with Crippen LogP contribution in [-0.4, -0.2) is 43.4 Å². The summed E-state index contributed by atoms with van der Waals surface area (Å²) in [6.07, 6.45) is 0.471. The third-order valence-corrected chi connectivity index (χ3v) is 3.14. The summed E-state index contributed by atoms with van der Waals surface area (Å²) in [6.45, 7) is 3.62. The van der Waals surface area contributed by atoms with Gasteiger partial charge in [-0.3, -0.25) is 4.90 Å². The van der Waals surface area contributed by atoms with E-state index in [1.165, 1.54) is 0 Å². The molecule has 96 valence electrons. The molecule has 1 aromatic rings. The molecule has 0 spiro atoms. The molecular formula is C14H23NO2. The quantitative estimate of drug-likeness (QED) is 0.788. The van der Waals surface area contributed by atoms with Crippen molar-refractivity contribution in [1.82, 2.24) is 4.90 Å². The van der Waals surface area contributed by atoms with Gasteiger partial charge in [0.05, 0.1) is 12.7 Å². The summed E-state index contributed by atoms with van der Waals surface area (Å²) >= 11 is 0. The van der Waals surface area contributed by atoms with Crippen LogP contribution in [0.25, 0.3) is 0 Å². The van der Waals surface area contributed by atoms with Crippen molar-refractivity contribution in [3.05, 3.63) is 35.9 Å². The van der Waals surface area contributed by atoms with Gasteiger partial charge in [0.25, 0.3) is 0 Å². The zero-order chi connectivity index (χ0) is 12.7. The van der Waals surface area contributed by atoms with Crippen molar-refractivity contribution < 1.29 is 9.84 Å². The number of hydrogen-bond acceptors (Lipinski definition) is 3. The van der Waals surface area contributed by atoms with Gasteiger partial charge in [-0.25, -0.2) is 0 Å². The number of methoxy groups -OCH3 is 1. The first-order valence-corrected chi connectivity index (χ1v) is 6.12. The topological polar surface area (TPSA) is 32.7 Å². The van der Waals surface area contributed by atoms with E-state index in [9.17, 15) is 5.11 Å². The van der Waals surface area contributed by atoms with Gasteiger partial charge in [-0.05, 0) is 19.0 Å². The van der Waals surface area contributed by atoms with E-state index in [0.29, 0.717) is 6.61 Å².